The maximum atomic E-state index is 6.01. The molecule has 1 aromatic carbocycles. The molecule has 1 unspecified atom stereocenters. The first-order valence-corrected chi connectivity index (χ1v) is 9.94. The lowest BCUT2D eigenvalue weighted by atomic mass is 10.2. The Bertz CT molecular complexity index is 765. The van der Waals surface area contributed by atoms with Crippen LogP contribution < -0.4 is 15.0 Å². The fraction of sp³-hybridized carbons (Fsp3) is 0.476. The molecule has 8 heteroatoms. The van der Waals surface area contributed by atoms with Crippen LogP contribution in [-0.2, 0) is 0 Å². The normalized spacial score (nSPS) is 15.5. The number of ether oxygens (including phenoxy) is 1. The molecule has 7 nitrogen and oxygen atoms in total. The molecule has 0 radical (unpaired) electrons. The summed E-state index contributed by atoms with van der Waals surface area (Å²) in [5, 5.41) is 3.41. The van der Waals surface area contributed by atoms with Crippen LogP contribution in [-0.4, -0.2) is 66.2 Å². The molecule has 1 aliphatic rings. The zero-order valence-corrected chi connectivity index (χ0v) is 19.7. The molecule has 0 bridgehead atoms. The maximum absolute atomic E-state index is 6.01. The highest BCUT2D eigenvalue weighted by molar-refractivity contribution is 14.0. The van der Waals surface area contributed by atoms with Gasteiger partial charge in [-0.2, -0.15) is 0 Å². The largest absolute Gasteiger partial charge is 0.489 e. The number of aromatic nitrogens is 2. The third-order valence-electron chi connectivity index (χ3n) is 4.57. The van der Waals surface area contributed by atoms with E-state index < -0.39 is 0 Å². The van der Waals surface area contributed by atoms with Crippen molar-refractivity contribution < 1.29 is 4.74 Å². The zero-order valence-electron chi connectivity index (χ0n) is 17.4. The van der Waals surface area contributed by atoms with Crippen molar-refractivity contribution >= 4 is 35.9 Å². The fourth-order valence-electron chi connectivity index (χ4n) is 3.17. The van der Waals surface area contributed by atoms with Crippen LogP contribution in [0.1, 0.15) is 19.4 Å². The van der Waals surface area contributed by atoms with Crippen molar-refractivity contribution in [1.29, 1.82) is 0 Å². The van der Waals surface area contributed by atoms with Gasteiger partial charge in [0.2, 0.25) is 5.95 Å². The molecular formula is C21H31IN6O. The predicted octanol–water partition coefficient (Wildman–Crippen LogP) is 2.96. The van der Waals surface area contributed by atoms with Crippen LogP contribution in [0.15, 0.2) is 47.7 Å². The van der Waals surface area contributed by atoms with E-state index in [1.165, 1.54) is 5.56 Å². The number of piperazine rings is 1. The maximum Gasteiger partial charge on any atom is 0.225 e. The third-order valence-corrected chi connectivity index (χ3v) is 4.57. The number of rotatable bonds is 6. The number of aliphatic imine (C=N–C) groups is 1. The van der Waals surface area contributed by atoms with E-state index in [-0.39, 0.29) is 30.1 Å². The van der Waals surface area contributed by atoms with Gasteiger partial charge in [0.25, 0.3) is 0 Å². The van der Waals surface area contributed by atoms with Gasteiger partial charge in [-0.3, -0.25) is 0 Å². The Morgan fingerprint density at radius 1 is 1.17 bits per heavy atom. The summed E-state index contributed by atoms with van der Waals surface area (Å²) in [6.07, 6.45) is 3.58. The molecule has 1 atom stereocenters. The Labute approximate surface area is 190 Å². The average Bonchev–Trinajstić information content (AvgIpc) is 2.72. The monoisotopic (exact) mass is 510 g/mol. The van der Waals surface area contributed by atoms with E-state index in [1.54, 1.807) is 12.4 Å². The molecule has 2 aromatic rings. The number of aryl methyl sites for hydroxylation is 1. The van der Waals surface area contributed by atoms with Crippen molar-refractivity contribution in [2.75, 3.05) is 44.2 Å². The molecule has 1 aromatic heterocycles. The van der Waals surface area contributed by atoms with Gasteiger partial charge >= 0.3 is 0 Å². The number of benzene rings is 1. The summed E-state index contributed by atoms with van der Waals surface area (Å²) < 4.78 is 6.01. The van der Waals surface area contributed by atoms with Gasteiger partial charge in [-0.1, -0.05) is 12.1 Å². The molecule has 158 valence electrons. The second kappa shape index (κ2) is 11.8. The van der Waals surface area contributed by atoms with Crippen LogP contribution in [0, 0.1) is 6.92 Å². The first-order valence-electron chi connectivity index (χ1n) is 9.94. The summed E-state index contributed by atoms with van der Waals surface area (Å²) in [6, 6.07) is 9.97. The van der Waals surface area contributed by atoms with E-state index in [2.05, 4.69) is 58.0 Å². The molecule has 0 amide bonds. The molecule has 0 aliphatic carbocycles. The molecule has 1 aliphatic heterocycles. The van der Waals surface area contributed by atoms with Crippen LogP contribution in [0.25, 0.3) is 0 Å². The SMILES string of the molecule is CCNC(=NCC(C)Oc1cccc(C)c1)N1CCN(c2ncccn2)CC1.I. The standard InChI is InChI=1S/C21H30N6O.HI/c1-4-22-20(25-16-18(3)28-19-8-5-7-17(2)15-19)26-11-13-27(14-12-26)21-23-9-6-10-24-21;/h5-10,15,18H,4,11-14,16H2,1-3H3,(H,22,25);1H. The Morgan fingerprint density at radius 3 is 2.55 bits per heavy atom. The molecule has 3 rings (SSSR count). The Balaban J connectivity index is 0.00000300. The Morgan fingerprint density at radius 2 is 1.90 bits per heavy atom. The van der Waals surface area contributed by atoms with Gasteiger partial charge in [0, 0.05) is 45.1 Å². The van der Waals surface area contributed by atoms with Gasteiger partial charge in [0.1, 0.15) is 11.9 Å². The van der Waals surface area contributed by atoms with E-state index in [0.29, 0.717) is 6.54 Å². The van der Waals surface area contributed by atoms with Gasteiger partial charge < -0.3 is 19.9 Å². The van der Waals surface area contributed by atoms with Crippen molar-refractivity contribution in [2.45, 2.75) is 26.9 Å². The lowest BCUT2D eigenvalue weighted by Crippen LogP contribution is -2.53. The summed E-state index contributed by atoms with van der Waals surface area (Å²) in [4.78, 5) is 18.0. The average molecular weight is 510 g/mol. The molecule has 0 saturated carbocycles. The van der Waals surface area contributed by atoms with Gasteiger partial charge in [-0.25, -0.2) is 15.0 Å². The number of anilines is 1. The van der Waals surface area contributed by atoms with Gasteiger partial charge in [0.05, 0.1) is 6.54 Å². The minimum Gasteiger partial charge on any atom is -0.489 e. The van der Waals surface area contributed by atoms with Crippen molar-refractivity contribution in [1.82, 2.24) is 20.2 Å². The number of halogens is 1. The van der Waals surface area contributed by atoms with Crippen molar-refractivity contribution in [2.24, 2.45) is 4.99 Å². The molecule has 1 N–H and O–H groups in total. The number of nitrogens with one attached hydrogen (secondary N) is 1. The van der Waals surface area contributed by atoms with Crippen LogP contribution >= 0.6 is 24.0 Å². The Hall–Kier alpha value is -2.10. The first-order chi connectivity index (χ1) is 13.7. The molecule has 29 heavy (non-hydrogen) atoms. The molecule has 0 spiro atoms. The summed E-state index contributed by atoms with van der Waals surface area (Å²) >= 11 is 0. The first kappa shape index (κ1) is 23.2. The van der Waals surface area contributed by atoms with E-state index in [1.807, 2.05) is 18.2 Å². The van der Waals surface area contributed by atoms with Gasteiger partial charge in [-0.15, -0.1) is 24.0 Å². The highest BCUT2D eigenvalue weighted by Gasteiger charge is 2.21. The van der Waals surface area contributed by atoms with E-state index in [4.69, 9.17) is 9.73 Å². The van der Waals surface area contributed by atoms with Crippen molar-refractivity contribution in [3.05, 3.63) is 48.3 Å². The molecular weight excluding hydrogens is 479 g/mol. The lowest BCUT2D eigenvalue weighted by molar-refractivity contribution is 0.229. The smallest absolute Gasteiger partial charge is 0.225 e. The van der Waals surface area contributed by atoms with Crippen LogP contribution in [0.3, 0.4) is 0 Å². The summed E-state index contributed by atoms with van der Waals surface area (Å²) in [5.74, 6) is 2.63. The van der Waals surface area contributed by atoms with Crippen molar-refractivity contribution in [3.63, 3.8) is 0 Å². The highest BCUT2D eigenvalue weighted by Crippen LogP contribution is 2.14. The number of hydrogen-bond donors (Lipinski definition) is 1. The minimum atomic E-state index is 0. The van der Waals surface area contributed by atoms with Crippen LogP contribution in [0.4, 0.5) is 5.95 Å². The summed E-state index contributed by atoms with van der Waals surface area (Å²) in [6.45, 7) is 11.2. The van der Waals surface area contributed by atoms with Gasteiger partial charge in [-0.05, 0) is 44.5 Å². The number of hydrogen-bond acceptors (Lipinski definition) is 5. The quantitative estimate of drug-likeness (QED) is 0.367. The summed E-state index contributed by atoms with van der Waals surface area (Å²) in [7, 11) is 0. The highest BCUT2D eigenvalue weighted by atomic mass is 127. The third kappa shape index (κ3) is 7.02. The second-order valence-electron chi connectivity index (χ2n) is 6.96. The van der Waals surface area contributed by atoms with E-state index in [9.17, 15) is 0 Å². The summed E-state index contributed by atoms with van der Waals surface area (Å²) in [5.41, 5.74) is 1.20. The fourth-order valence-corrected chi connectivity index (χ4v) is 3.17. The molecule has 1 saturated heterocycles. The topological polar surface area (TPSA) is 65.9 Å². The van der Waals surface area contributed by atoms with E-state index >= 15 is 0 Å². The second-order valence-corrected chi connectivity index (χ2v) is 6.96. The Kier molecular flexibility index (Phi) is 9.43. The van der Waals surface area contributed by atoms with Crippen molar-refractivity contribution in [3.8, 4) is 5.75 Å². The lowest BCUT2D eigenvalue weighted by Gasteiger charge is -2.36. The predicted molar refractivity (Wildman–Crippen MR) is 128 cm³/mol. The minimum absolute atomic E-state index is 0. The van der Waals surface area contributed by atoms with E-state index in [0.717, 1.165) is 50.4 Å². The molecule has 1 fully saturated rings. The molecule has 2 heterocycles. The zero-order chi connectivity index (χ0) is 19.8. The number of nitrogens with zero attached hydrogens (tertiary/aromatic N) is 5. The van der Waals surface area contributed by atoms with Gasteiger partial charge in [0.15, 0.2) is 5.96 Å². The van der Waals surface area contributed by atoms with Crippen LogP contribution in [0.2, 0.25) is 0 Å². The van der Waals surface area contributed by atoms with Crippen LogP contribution in [0.5, 0.6) is 5.75 Å². The number of guanidine groups is 1.